The molecule has 0 saturated heterocycles. The summed E-state index contributed by atoms with van der Waals surface area (Å²) in [7, 11) is 0. The molecular weight excluding hydrogens is 540 g/mol. The number of hydrogen-bond acceptors (Lipinski definition) is 7. The van der Waals surface area contributed by atoms with Gasteiger partial charge in [0, 0.05) is 37.5 Å². The number of urea groups is 1. The Morgan fingerprint density at radius 2 is 1.55 bits per heavy atom. The van der Waals surface area contributed by atoms with E-state index in [9.17, 15) is 19.2 Å². The van der Waals surface area contributed by atoms with E-state index in [1.807, 2.05) is 34.6 Å². The first-order valence-corrected chi connectivity index (χ1v) is 14.7. The minimum atomic E-state index is -0.835. The van der Waals surface area contributed by atoms with Crippen LogP contribution in [0.15, 0.2) is 24.3 Å². The molecule has 0 saturated carbocycles. The molecule has 0 aliphatic rings. The maximum absolute atomic E-state index is 13.2. The predicted molar refractivity (Wildman–Crippen MR) is 164 cm³/mol. The maximum Gasteiger partial charge on any atom is 0.407 e. The molecule has 42 heavy (non-hydrogen) atoms. The number of hydrogen-bond donors (Lipinski definition) is 6. The molecule has 0 aliphatic carbocycles. The van der Waals surface area contributed by atoms with Crippen molar-refractivity contribution in [3.63, 3.8) is 0 Å². The molecule has 0 heterocycles. The normalized spacial score (nSPS) is 12.9. The molecule has 1 rings (SSSR count). The van der Waals surface area contributed by atoms with Gasteiger partial charge in [0.2, 0.25) is 11.8 Å². The Labute approximate surface area is 250 Å². The molecule has 12 heteroatoms. The van der Waals surface area contributed by atoms with Crippen LogP contribution < -0.4 is 32.3 Å². The molecule has 0 fully saturated rings. The van der Waals surface area contributed by atoms with Crippen molar-refractivity contribution >= 4 is 29.6 Å². The van der Waals surface area contributed by atoms with Crippen LogP contribution in [0.1, 0.15) is 73.3 Å². The zero-order chi connectivity index (χ0) is 31.7. The fourth-order valence-electron chi connectivity index (χ4n) is 3.85. The van der Waals surface area contributed by atoms with Crippen molar-refractivity contribution in [2.75, 3.05) is 31.6 Å². The zero-order valence-electron chi connectivity index (χ0n) is 26.3. The van der Waals surface area contributed by atoms with Gasteiger partial charge in [-0.1, -0.05) is 39.8 Å². The van der Waals surface area contributed by atoms with Crippen LogP contribution in [-0.2, 0) is 25.7 Å². The van der Waals surface area contributed by atoms with E-state index in [4.69, 9.17) is 15.2 Å². The minimum absolute atomic E-state index is 0.00922. The maximum atomic E-state index is 13.2. The molecule has 0 radical (unpaired) electrons. The highest BCUT2D eigenvalue weighted by atomic mass is 16.5. The van der Waals surface area contributed by atoms with Gasteiger partial charge in [-0.05, 0) is 69.6 Å². The van der Waals surface area contributed by atoms with Crippen molar-refractivity contribution in [2.24, 2.45) is 17.6 Å². The van der Waals surface area contributed by atoms with Gasteiger partial charge < -0.3 is 41.8 Å². The number of nitrogens with one attached hydrogen (secondary N) is 5. The van der Waals surface area contributed by atoms with Gasteiger partial charge in [0.15, 0.2) is 0 Å². The Morgan fingerprint density at radius 1 is 0.905 bits per heavy atom. The van der Waals surface area contributed by atoms with Crippen LogP contribution in [0.5, 0.6) is 0 Å². The summed E-state index contributed by atoms with van der Waals surface area (Å²) < 4.78 is 10.7. The van der Waals surface area contributed by atoms with E-state index in [-0.39, 0.29) is 36.4 Å². The molecule has 0 aromatic heterocycles. The molecule has 238 valence electrons. The molecule has 0 bridgehead atoms. The molecule has 1 aromatic carbocycles. The smallest absolute Gasteiger partial charge is 0.407 e. The molecule has 0 aliphatic heterocycles. The quantitative estimate of drug-likeness (QED) is 0.142. The number of carbonyl (C=O) groups is 4. The number of anilines is 1. The SMILES string of the molecule is CC(C)COCCCNC(=O)OCc1ccc(NC(=O)[C@H](CCCNC(N)=O)NC(=O)[C@@H](NC(C)(C)C)C(C)C)cc1. The van der Waals surface area contributed by atoms with E-state index < -0.39 is 24.2 Å². The summed E-state index contributed by atoms with van der Waals surface area (Å²) in [6, 6.07) is 4.90. The second-order valence-electron chi connectivity index (χ2n) is 12.1. The minimum Gasteiger partial charge on any atom is -0.445 e. The molecule has 0 spiro atoms. The number of alkyl carbamates (subject to hydrolysis) is 1. The largest absolute Gasteiger partial charge is 0.445 e. The molecule has 0 unspecified atom stereocenters. The average molecular weight is 593 g/mol. The Hall–Kier alpha value is -3.38. The van der Waals surface area contributed by atoms with Crippen molar-refractivity contribution in [3.05, 3.63) is 29.8 Å². The Morgan fingerprint density at radius 3 is 2.12 bits per heavy atom. The number of ether oxygens (including phenoxy) is 2. The number of nitrogens with two attached hydrogens (primary N) is 1. The summed E-state index contributed by atoms with van der Waals surface area (Å²) >= 11 is 0. The summed E-state index contributed by atoms with van der Waals surface area (Å²) in [5.74, 6) is -0.205. The van der Waals surface area contributed by atoms with Gasteiger partial charge in [-0.3, -0.25) is 9.59 Å². The summed E-state index contributed by atoms with van der Waals surface area (Å²) in [5, 5.41) is 14.2. The standard InChI is InChI=1S/C30H52N6O6/c1-20(2)18-41-17-9-16-33-29(40)42-19-22-11-13-23(14-12-22)34-26(37)24(10-8-15-32-28(31)39)35-27(38)25(21(3)4)36-30(5,6)7/h11-14,20-21,24-25,36H,8-10,15-19H2,1-7H3,(H,33,40)(H,34,37)(H,35,38)(H3,31,32,39)/t24-,25-/m0/s1. The lowest BCUT2D eigenvalue weighted by Crippen LogP contribution is -2.57. The summed E-state index contributed by atoms with van der Waals surface area (Å²) in [6.07, 6.45) is 0.915. The van der Waals surface area contributed by atoms with E-state index in [0.29, 0.717) is 50.6 Å². The Kier molecular flexibility index (Phi) is 16.5. The van der Waals surface area contributed by atoms with Gasteiger partial charge in [-0.2, -0.15) is 0 Å². The number of rotatable bonds is 18. The first-order chi connectivity index (χ1) is 19.7. The fraction of sp³-hybridized carbons (Fsp3) is 0.667. The topological polar surface area (TPSA) is 173 Å². The van der Waals surface area contributed by atoms with Crippen LogP contribution in [0, 0.1) is 11.8 Å². The third-order valence-electron chi connectivity index (χ3n) is 5.92. The molecule has 7 N–H and O–H groups in total. The van der Waals surface area contributed by atoms with Gasteiger partial charge in [0.25, 0.3) is 0 Å². The van der Waals surface area contributed by atoms with Crippen LogP contribution in [0.4, 0.5) is 15.3 Å². The molecule has 5 amide bonds. The van der Waals surface area contributed by atoms with Gasteiger partial charge in [0.05, 0.1) is 6.04 Å². The van der Waals surface area contributed by atoms with Gasteiger partial charge in [-0.25, -0.2) is 9.59 Å². The zero-order valence-corrected chi connectivity index (χ0v) is 26.3. The van der Waals surface area contributed by atoms with E-state index in [1.54, 1.807) is 24.3 Å². The Balaban J connectivity index is 2.70. The first kappa shape index (κ1) is 36.6. The van der Waals surface area contributed by atoms with Crippen LogP contribution in [0.25, 0.3) is 0 Å². The summed E-state index contributed by atoms with van der Waals surface area (Å²) in [6.45, 7) is 16.0. The highest BCUT2D eigenvalue weighted by molar-refractivity contribution is 5.97. The second-order valence-corrected chi connectivity index (χ2v) is 12.1. The van der Waals surface area contributed by atoms with Crippen molar-refractivity contribution < 1.29 is 28.7 Å². The number of primary amides is 1. The molecule has 1 aromatic rings. The van der Waals surface area contributed by atoms with E-state index >= 15 is 0 Å². The molecule has 12 nitrogen and oxygen atoms in total. The molecular formula is C30H52N6O6. The number of amides is 5. The lowest BCUT2D eigenvalue weighted by molar-refractivity contribution is -0.129. The first-order valence-electron chi connectivity index (χ1n) is 14.7. The number of benzene rings is 1. The lowest BCUT2D eigenvalue weighted by atomic mass is 9.98. The number of carbonyl (C=O) groups excluding carboxylic acids is 4. The van der Waals surface area contributed by atoms with Crippen molar-refractivity contribution in [2.45, 2.75) is 92.0 Å². The highest BCUT2D eigenvalue weighted by Gasteiger charge is 2.30. The van der Waals surface area contributed by atoms with Gasteiger partial charge in [0.1, 0.15) is 12.6 Å². The Bertz CT molecular complexity index is 977. The van der Waals surface area contributed by atoms with Gasteiger partial charge in [-0.15, -0.1) is 0 Å². The van der Waals surface area contributed by atoms with E-state index in [0.717, 1.165) is 5.56 Å². The van der Waals surface area contributed by atoms with Crippen molar-refractivity contribution in [1.82, 2.24) is 21.3 Å². The van der Waals surface area contributed by atoms with E-state index in [2.05, 4.69) is 40.4 Å². The average Bonchev–Trinajstić information content (AvgIpc) is 2.89. The summed E-state index contributed by atoms with van der Waals surface area (Å²) in [5.41, 5.74) is 6.11. The van der Waals surface area contributed by atoms with E-state index in [1.165, 1.54) is 0 Å². The molecule has 2 atom stereocenters. The van der Waals surface area contributed by atoms with Gasteiger partial charge >= 0.3 is 12.1 Å². The summed E-state index contributed by atoms with van der Waals surface area (Å²) in [4.78, 5) is 49.4. The monoisotopic (exact) mass is 592 g/mol. The second kappa shape index (κ2) is 18.9. The van der Waals surface area contributed by atoms with Crippen LogP contribution in [0.2, 0.25) is 0 Å². The fourth-order valence-corrected chi connectivity index (χ4v) is 3.85. The third kappa shape index (κ3) is 16.8. The predicted octanol–water partition coefficient (Wildman–Crippen LogP) is 3.26. The van der Waals surface area contributed by atoms with Crippen LogP contribution in [-0.4, -0.2) is 67.9 Å². The highest BCUT2D eigenvalue weighted by Crippen LogP contribution is 2.14. The van der Waals surface area contributed by atoms with Crippen molar-refractivity contribution in [1.29, 1.82) is 0 Å². The van der Waals surface area contributed by atoms with Crippen LogP contribution >= 0.6 is 0 Å². The third-order valence-corrected chi connectivity index (χ3v) is 5.92. The lowest BCUT2D eigenvalue weighted by Gasteiger charge is -2.31. The van der Waals surface area contributed by atoms with Crippen molar-refractivity contribution in [3.8, 4) is 0 Å². The van der Waals surface area contributed by atoms with Crippen LogP contribution in [0.3, 0.4) is 0 Å².